The van der Waals surface area contributed by atoms with Gasteiger partial charge in [-0.25, -0.2) is 0 Å². The maximum Gasteiger partial charge on any atom is 0.0444 e. The van der Waals surface area contributed by atoms with Crippen LogP contribution >= 0.6 is 0 Å². The zero-order valence-corrected chi connectivity index (χ0v) is 9.21. The number of benzene rings is 1. The molecule has 1 fully saturated rings. The molecular weight excluding hydrogens is 182 g/mol. The third-order valence-electron chi connectivity index (χ3n) is 4.36. The molecule has 0 heterocycles. The Labute approximate surface area is 91.7 Å². The summed E-state index contributed by atoms with van der Waals surface area (Å²) in [7, 11) is 0. The highest BCUT2D eigenvalue weighted by atomic mass is 14.8. The average molecular weight is 201 g/mol. The summed E-state index contributed by atoms with van der Waals surface area (Å²) in [5.41, 5.74) is 9.63. The van der Waals surface area contributed by atoms with E-state index in [1.54, 1.807) is 0 Å². The van der Waals surface area contributed by atoms with Gasteiger partial charge in [0.25, 0.3) is 0 Å². The highest BCUT2D eigenvalue weighted by molar-refractivity contribution is 5.40. The lowest BCUT2D eigenvalue weighted by molar-refractivity contribution is 0.283. The van der Waals surface area contributed by atoms with Crippen molar-refractivity contribution >= 4 is 0 Å². The minimum Gasteiger partial charge on any atom is -0.321 e. The fraction of sp³-hybridized carbons (Fsp3) is 0.571. The van der Waals surface area contributed by atoms with Crippen molar-refractivity contribution in [2.45, 2.75) is 44.1 Å². The summed E-state index contributed by atoms with van der Waals surface area (Å²) >= 11 is 0. The quantitative estimate of drug-likeness (QED) is 0.686. The second kappa shape index (κ2) is 3.34. The van der Waals surface area contributed by atoms with Crippen molar-refractivity contribution in [1.29, 1.82) is 0 Å². The first-order chi connectivity index (χ1) is 7.31. The van der Waals surface area contributed by atoms with Crippen LogP contribution in [0.4, 0.5) is 0 Å². The van der Waals surface area contributed by atoms with Gasteiger partial charge in [-0.3, -0.25) is 0 Å². The molecule has 0 radical (unpaired) electrons. The fourth-order valence-electron chi connectivity index (χ4n) is 3.50. The van der Waals surface area contributed by atoms with Crippen LogP contribution in [0.3, 0.4) is 0 Å². The zero-order valence-electron chi connectivity index (χ0n) is 9.21. The first kappa shape index (κ1) is 9.41. The molecule has 1 saturated carbocycles. The van der Waals surface area contributed by atoms with Crippen molar-refractivity contribution in [3.05, 3.63) is 35.4 Å². The number of rotatable bonds is 0. The van der Waals surface area contributed by atoms with E-state index < -0.39 is 0 Å². The minimum absolute atomic E-state index is 0.00704. The monoisotopic (exact) mass is 201 g/mol. The van der Waals surface area contributed by atoms with Crippen molar-refractivity contribution < 1.29 is 0 Å². The largest absolute Gasteiger partial charge is 0.321 e. The van der Waals surface area contributed by atoms with Gasteiger partial charge in [0.1, 0.15) is 0 Å². The summed E-state index contributed by atoms with van der Waals surface area (Å²) in [4.78, 5) is 0. The lowest BCUT2D eigenvalue weighted by atomic mass is 9.81. The van der Waals surface area contributed by atoms with Gasteiger partial charge in [0.15, 0.2) is 0 Å². The Balaban J connectivity index is 2.06. The van der Waals surface area contributed by atoms with E-state index in [0.717, 1.165) is 0 Å². The van der Waals surface area contributed by atoms with E-state index in [-0.39, 0.29) is 5.54 Å². The molecule has 2 N–H and O–H groups in total. The average Bonchev–Trinajstić information content (AvgIpc) is 2.41. The highest BCUT2D eigenvalue weighted by Gasteiger charge is 2.43. The van der Waals surface area contributed by atoms with Gasteiger partial charge in [-0.05, 0) is 36.3 Å². The molecule has 0 amide bonds. The number of fused-ring (bicyclic) bond motifs is 3. The molecule has 2 aliphatic carbocycles. The highest BCUT2D eigenvalue weighted by Crippen LogP contribution is 2.46. The summed E-state index contributed by atoms with van der Waals surface area (Å²) in [6.07, 6.45) is 7.78. The van der Waals surface area contributed by atoms with E-state index in [4.69, 9.17) is 5.73 Å². The third-order valence-corrected chi connectivity index (χ3v) is 4.36. The molecule has 0 spiro atoms. The Morgan fingerprint density at radius 2 is 2.00 bits per heavy atom. The van der Waals surface area contributed by atoms with Crippen LogP contribution in [0.1, 0.15) is 43.2 Å². The molecule has 15 heavy (non-hydrogen) atoms. The van der Waals surface area contributed by atoms with E-state index >= 15 is 0 Å². The molecule has 1 aromatic carbocycles. The lowest BCUT2D eigenvalue weighted by Gasteiger charge is -2.30. The fourth-order valence-corrected chi connectivity index (χ4v) is 3.50. The van der Waals surface area contributed by atoms with Crippen LogP contribution in [0.2, 0.25) is 0 Å². The van der Waals surface area contributed by atoms with Crippen LogP contribution in [0.5, 0.6) is 0 Å². The van der Waals surface area contributed by atoms with Gasteiger partial charge in [0.05, 0.1) is 0 Å². The van der Waals surface area contributed by atoms with Crippen molar-refractivity contribution in [3.63, 3.8) is 0 Å². The van der Waals surface area contributed by atoms with E-state index in [2.05, 4.69) is 24.3 Å². The van der Waals surface area contributed by atoms with E-state index in [1.807, 2.05) is 0 Å². The summed E-state index contributed by atoms with van der Waals surface area (Å²) in [6.45, 7) is 0. The molecule has 1 heteroatoms. The SMILES string of the molecule is N[C@]12CCCCC[C@H]1Cc1ccccc12. The molecule has 1 nitrogen and oxygen atoms in total. The molecule has 2 atom stereocenters. The van der Waals surface area contributed by atoms with Gasteiger partial charge in [-0.15, -0.1) is 0 Å². The Bertz CT molecular complexity index is 371. The minimum atomic E-state index is 0.00704. The molecule has 80 valence electrons. The second-order valence-corrected chi connectivity index (χ2v) is 5.20. The number of hydrogen-bond donors (Lipinski definition) is 1. The van der Waals surface area contributed by atoms with Crippen LogP contribution in [-0.2, 0) is 12.0 Å². The number of hydrogen-bond acceptors (Lipinski definition) is 1. The number of nitrogens with two attached hydrogens (primary N) is 1. The van der Waals surface area contributed by atoms with E-state index in [9.17, 15) is 0 Å². The Hall–Kier alpha value is -0.820. The Kier molecular flexibility index (Phi) is 2.10. The smallest absolute Gasteiger partial charge is 0.0444 e. The van der Waals surface area contributed by atoms with Gasteiger partial charge >= 0.3 is 0 Å². The summed E-state index contributed by atoms with van der Waals surface area (Å²) < 4.78 is 0. The normalized spacial score (nSPS) is 34.3. The van der Waals surface area contributed by atoms with Gasteiger partial charge in [0, 0.05) is 5.54 Å². The van der Waals surface area contributed by atoms with Gasteiger partial charge in [-0.1, -0.05) is 43.5 Å². The van der Waals surface area contributed by atoms with Gasteiger partial charge in [0.2, 0.25) is 0 Å². The maximum atomic E-state index is 6.68. The predicted octanol–water partition coefficient (Wildman–Crippen LogP) is 2.98. The summed E-state index contributed by atoms with van der Waals surface area (Å²) in [6, 6.07) is 8.80. The molecule has 0 saturated heterocycles. The topological polar surface area (TPSA) is 26.0 Å². The Morgan fingerprint density at radius 3 is 2.93 bits per heavy atom. The predicted molar refractivity (Wildman–Crippen MR) is 62.6 cm³/mol. The van der Waals surface area contributed by atoms with Crippen molar-refractivity contribution in [1.82, 2.24) is 0 Å². The molecule has 0 aromatic heterocycles. The van der Waals surface area contributed by atoms with Crippen LogP contribution in [0.25, 0.3) is 0 Å². The van der Waals surface area contributed by atoms with Gasteiger partial charge < -0.3 is 5.73 Å². The molecule has 0 bridgehead atoms. The van der Waals surface area contributed by atoms with Crippen molar-refractivity contribution in [3.8, 4) is 0 Å². The van der Waals surface area contributed by atoms with E-state index in [1.165, 1.54) is 49.7 Å². The van der Waals surface area contributed by atoms with Crippen LogP contribution in [0.15, 0.2) is 24.3 Å². The van der Waals surface area contributed by atoms with Crippen molar-refractivity contribution in [2.24, 2.45) is 11.7 Å². The lowest BCUT2D eigenvalue weighted by Crippen LogP contribution is -2.40. The van der Waals surface area contributed by atoms with Crippen LogP contribution in [0, 0.1) is 5.92 Å². The summed E-state index contributed by atoms with van der Waals surface area (Å²) in [5.74, 6) is 0.706. The first-order valence-corrected chi connectivity index (χ1v) is 6.18. The maximum absolute atomic E-state index is 6.68. The zero-order chi connectivity index (χ0) is 10.3. The molecule has 1 aromatic rings. The van der Waals surface area contributed by atoms with Gasteiger partial charge in [-0.2, -0.15) is 0 Å². The second-order valence-electron chi connectivity index (χ2n) is 5.20. The first-order valence-electron chi connectivity index (χ1n) is 6.18. The molecule has 0 unspecified atom stereocenters. The third kappa shape index (κ3) is 1.33. The molecule has 2 aliphatic rings. The molecule has 0 aliphatic heterocycles. The molecule has 3 rings (SSSR count). The van der Waals surface area contributed by atoms with E-state index in [0.29, 0.717) is 5.92 Å². The van der Waals surface area contributed by atoms with Crippen LogP contribution in [-0.4, -0.2) is 0 Å². The standard InChI is InChI=1S/C14H19N/c15-14-9-5-1-2-7-12(14)10-11-6-3-4-8-13(11)14/h3-4,6,8,12H,1-2,5,7,9-10,15H2/t12-,14+/m0/s1. The molecular formula is C14H19N. The Morgan fingerprint density at radius 1 is 1.13 bits per heavy atom. The van der Waals surface area contributed by atoms with Crippen molar-refractivity contribution in [2.75, 3.05) is 0 Å². The summed E-state index contributed by atoms with van der Waals surface area (Å²) in [5, 5.41) is 0. The van der Waals surface area contributed by atoms with Crippen LogP contribution < -0.4 is 5.73 Å².